The average Bonchev–Trinajstić information content (AvgIpc) is 2.10. The highest BCUT2D eigenvalue weighted by Crippen LogP contribution is 1.91. The van der Waals surface area contributed by atoms with Gasteiger partial charge in [-0.25, -0.2) is 0 Å². The van der Waals surface area contributed by atoms with Crippen LogP contribution in [-0.2, 0) is 9.53 Å². The summed E-state index contributed by atoms with van der Waals surface area (Å²) >= 11 is 0. The first-order chi connectivity index (χ1) is 6.06. The highest BCUT2D eigenvalue weighted by molar-refractivity contribution is 5.71. The van der Waals surface area contributed by atoms with Gasteiger partial charge in [-0.2, -0.15) is 0 Å². The lowest BCUT2D eigenvalue weighted by Gasteiger charge is -2.15. The smallest absolute Gasteiger partial charge is 0.319 e. The van der Waals surface area contributed by atoms with E-state index in [4.69, 9.17) is 0 Å². The van der Waals surface area contributed by atoms with Gasteiger partial charge >= 0.3 is 5.97 Å². The van der Waals surface area contributed by atoms with Crippen LogP contribution < -0.4 is 5.32 Å². The van der Waals surface area contributed by atoms with Gasteiger partial charge in [-0.05, 0) is 34.0 Å². The fourth-order valence-electron chi connectivity index (χ4n) is 0.884. The zero-order chi connectivity index (χ0) is 10.3. The Morgan fingerprint density at radius 2 is 2.15 bits per heavy atom. The van der Waals surface area contributed by atoms with E-state index in [0.29, 0.717) is 12.6 Å². The minimum atomic E-state index is -0.211. The molecule has 0 heterocycles. The second-order valence-corrected chi connectivity index (χ2v) is 3.45. The maximum Gasteiger partial charge on any atom is 0.319 e. The minimum absolute atomic E-state index is 0.211. The number of rotatable bonds is 6. The Hall–Kier alpha value is -0.610. The third kappa shape index (κ3) is 7.74. The quantitative estimate of drug-likeness (QED) is 0.600. The molecule has 0 rings (SSSR count). The number of hydrogen-bond acceptors (Lipinski definition) is 4. The molecule has 0 aliphatic rings. The van der Waals surface area contributed by atoms with E-state index in [9.17, 15) is 4.79 Å². The molecule has 1 unspecified atom stereocenters. The molecule has 0 spiro atoms. The zero-order valence-electron chi connectivity index (χ0n) is 8.96. The lowest BCUT2D eigenvalue weighted by atomic mass is 10.2. The Morgan fingerprint density at radius 1 is 1.54 bits per heavy atom. The maximum atomic E-state index is 10.8. The first-order valence-electron chi connectivity index (χ1n) is 4.51. The molecule has 0 bridgehead atoms. The molecule has 4 nitrogen and oxygen atoms in total. The summed E-state index contributed by atoms with van der Waals surface area (Å²) in [5.74, 6) is -0.211. The van der Waals surface area contributed by atoms with E-state index >= 15 is 0 Å². The van der Waals surface area contributed by atoms with Gasteiger partial charge in [0.05, 0.1) is 13.7 Å². The number of ether oxygens (including phenoxy) is 1. The average molecular weight is 188 g/mol. The second kappa shape index (κ2) is 6.86. The van der Waals surface area contributed by atoms with Gasteiger partial charge in [0.2, 0.25) is 0 Å². The summed E-state index contributed by atoms with van der Waals surface area (Å²) in [5.41, 5.74) is 0. The molecule has 0 saturated heterocycles. The van der Waals surface area contributed by atoms with Crippen LogP contribution in [-0.4, -0.2) is 51.2 Å². The van der Waals surface area contributed by atoms with Crippen LogP contribution >= 0.6 is 0 Å². The first kappa shape index (κ1) is 12.4. The molecule has 0 fully saturated rings. The van der Waals surface area contributed by atoms with Gasteiger partial charge in [0.25, 0.3) is 0 Å². The fourth-order valence-corrected chi connectivity index (χ4v) is 0.884. The number of hydrogen-bond donors (Lipinski definition) is 1. The number of carbonyl (C=O) groups is 1. The monoisotopic (exact) mass is 188 g/mol. The van der Waals surface area contributed by atoms with Crippen molar-refractivity contribution in [1.82, 2.24) is 10.2 Å². The Labute approximate surface area is 80.2 Å². The predicted octanol–water partition coefficient (Wildman–Crippen LogP) is 0.0892. The van der Waals surface area contributed by atoms with Gasteiger partial charge in [-0.1, -0.05) is 0 Å². The number of nitrogens with zero attached hydrogens (tertiary/aromatic N) is 1. The van der Waals surface area contributed by atoms with E-state index in [1.807, 2.05) is 14.1 Å². The molecule has 0 aliphatic heterocycles. The number of nitrogens with one attached hydrogen (secondary N) is 1. The summed E-state index contributed by atoms with van der Waals surface area (Å²) in [4.78, 5) is 12.9. The van der Waals surface area contributed by atoms with Gasteiger partial charge in [0.15, 0.2) is 0 Å². The van der Waals surface area contributed by atoms with Crippen molar-refractivity contribution in [2.45, 2.75) is 19.4 Å². The standard InChI is InChI=1S/C9H20N2O2/c1-8(5-6-11(2)3)10-7-9(12)13-4/h8,10H,5-7H2,1-4H3. The summed E-state index contributed by atoms with van der Waals surface area (Å²) in [5, 5.41) is 3.09. The van der Waals surface area contributed by atoms with Crippen LogP contribution in [0.3, 0.4) is 0 Å². The number of carbonyl (C=O) groups excluding carboxylic acids is 1. The van der Waals surface area contributed by atoms with Crippen molar-refractivity contribution in [3.05, 3.63) is 0 Å². The van der Waals surface area contributed by atoms with Crippen LogP contribution in [0.1, 0.15) is 13.3 Å². The van der Waals surface area contributed by atoms with Crippen molar-refractivity contribution in [2.24, 2.45) is 0 Å². The lowest BCUT2D eigenvalue weighted by Crippen LogP contribution is -2.34. The first-order valence-corrected chi connectivity index (χ1v) is 4.51. The molecule has 0 aromatic carbocycles. The topological polar surface area (TPSA) is 41.6 Å². The van der Waals surface area contributed by atoms with Crippen LogP contribution in [0.2, 0.25) is 0 Å². The van der Waals surface area contributed by atoms with E-state index in [2.05, 4.69) is 21.9 Å². The van der Waals surface area contributed by atoms with Gasteiger partial charge in [0.1, 0.15) is 0 Å². The van der Waals surface area contributed by atoms with Crippen LogP contribution in [0, 0.1) is 0 Å². The Bertz CT molecular complexity index is 149. The van der Waals surface area contributed by atoms with Crippen molar-refractivity contribution in [2.75, 3.05) is 34.3 Å². The van der Waals surface area contributed by atoms with Crippen LogP contribution in [0.25, 0.3) is 0 Å². The molecule has 0 saturated carbocycles. The summed E-state index contributed by atoms with van der Waals surface area (Å²) < 4.78 is 4.51. The van der Waals surface area contributed by atoms with Gasteiger partial charge in [0, 0.05) is 6.04 Å². The van der Waals surface area contributed by atoms with Crippen LogP contribution in [0.4, 0.5) is 0 Å². The van der Waals surface area contributed by atoms with Gasteiger partial charge in [-0.3, -0.25) is 4.79 Å². The van der Waals surface area contributed by atoms with Crippen molar-refractivity contribution < 1.29 is 9.53 Å². The molecule has 0 aliphatic carbocycles. The molecule has 78 valence electrons. The summed E-state index contributed by atoms with van der Waals surface area (Å²) in [6, 6.07) is 0.349. The lowest BCUT2D eigenvalue weighted by molar-refractivity contribution is -0.139. The third-order valence-electron chi connectivity index (χ3n) is 1.83. The molecular formula is C9H20N2O2. The third-order valence-corrected chi connectivity index (χ3v) is 1.83. The Morgan fingerprint density at radius 3 is 2.62 bits per heavy atom. The van der Waals surface area contributed by atoms with E-state index in [1.165, 1.54) is 7.11 Å². The SMILES string of the molecule is COC(=O)CNC(C)CCN(C)C. The van der Waals surface area contributed by atoms with Gasteiger partial charge < -0.3 is 15.0 Å². The Balaban J connectivity index is 3.40. The van der Waals surface area contributed by atoms with E-state index in [-0.39, 0.29) is 5.97 Å². The molecule has 0 aromatic rings. The Kier molecular flexibility index (Phi) is 6.54. The summed E-state index contributed by atoms with van der Waals surface area (Å²) in [6.07, 6.45) is 1.03. The molecule has 1 N–H and O–H groups in total. The van der Waals surface area contributed by atoms with E-state index in [1.54, 1.807) is 0 Å². The van der Waals surface area contributed by atoms with Crippen LogP contribution in [0.5, 0.6) is 0 Å². The molecule has 0 aromatic heterocycles. The summed E-state index contributed by atoms with van der Waals surface area (Å²) in [7, 11) is 5.47. The highest BCUT2D eigenvalue weighted by atomic mass is 16.5. The molecule has 0 radical (unpaired) electrons. The largest absolute Gasteiger partial charge is 0.468 e. The van der Waals surface area contributed by atoms with Crippen molar-refractivity contribution in [1.29, 1.82) is 0 Å². The van der Waals surface area contributed by atoms with E-state index < -0.39 is 0 Å². The normalized spacial score (nSPS) is 13.0. The zero-order valence-corrected chi connectivity index (χ0v) is 8.96. The molecule has 0 amide bonds. The molecule has 4 heteroatoms. The van der Waals surface area contributed by atoms with Gasteiger partial charge in [-0.15, -0.1) is 0 Å². The van der Waals surface area contributed by atoms with Crippen molar-refractivity contribution in [3.8, 4) is 0 Å². The number of esters is 1. The number of methoxy groups -OCH3 is 1. The molecule has 1 atom stereocenters. The summed E-state index contributed by atoms with van der Waals surface area (Å²) in [6.45, 7) is 3.38. The van der Waals surface area contributed by atoms with Crippen molar-refractivity contribution >= 4 is 5.97 Å². The minimum Gasteiger partial charge on any atom is -0.468 e. The van der Waals surface area contributed by atoms with E-state index in [0.717, 1.165) is 13.0 Å². The molecular weight excluding hydrogens is 168 g/mol. The maximum absolute atomic E-state index is 10.8. The van der Waals surface area contributed by atoms with Crippen molar-refractivity contribution in [3.63, 3.8) is 0 Å². The van der Waals surface area contributed by atoms with Crippen LogP contribution in [0.15, 0.2) is 0 Å². The fraction of sp³-hybridized carbons (Fsp3) is 0.889. The highest BCUT2D eigenvalue weighted by Gasteiger charge is 2.04. The predicted molar refractivity (Wildman–Crippen MR) is 52.7 cm³/mol. The molecule has 13 heavy (non-hydrogen) atoms. The second-order valence-electron chi connectivity index (χ2n) is 3.45.